The lowest BCUT2D eigenvalue weighted by Crippen LogP contribution is -2.56. The van der Waals surface area contributed by atoms with Crippen LogP contribution in [0.2, 0.25) is 0 Å². The van der Waals surface area contributed by atoms with Gasteiger partial charge in [0.1, 0.15) is 0 Å². The number of ether oxygens (including phenoxy) is 1. The van der Waals surface area contributed by atoms with Gasteiger partial charge in [0, 0.05) is 39.3 Å². The maximum Gasteiger partial charge on any atom is 0.263 e. The molecule has 120 valence electrons. The van der Waals surface area contributed by atoms with Crippen molar-refractivity contribution in [1.29, 1.82) is 0 Å². The fourth-order valence-electron chi connectivity index (χ4n) is 2.67. The average molecular weight is 323 g/mol. The van der Waals surface area contributed by atoms with E-state index >= 15 is 0 Å². The molecule has 22 heavy (non-hydrogen) atoms. The van der Waals surface area contributed by atoms with Crippen LogP contribution in [0, 0.1) is 5.92 Å². The fourth-order valence-corrected chi connectivity index (χ4v) is 3.36. The van der Waals surface area contributed by atoms with Crippen LogP contribution in [0.4, 0.5) is 0 Å². The van der Waals surface area contributed by atoms with E-state index in [1.165, 1.54) is 11.3 Å². The van der Waals surface area contributed by atoms with Crippen molar-refractivity contribution in [3.05, 3.63) is 22.4 Å². The molecule has 0 unspecified atom stereocenters. The molecular weight excluding hydrogens is 302 g/mol. The number of carbonyl (C=O) groups excluding carboxylic acids is 2. The highest BCUT2D eigenvalue weighted by Gasteiger charge is 2.36. The van der Waals surface area contributed by atoms with E-state index in [9.17, 15) is 9.59 Å². The lowest BCUT2D eigenvalue weighted by molar-refractivity contribution is -0.129. The molecule has 3 heterocycles. The molecule has 0 radical (unpaired) electrons. The van der Waals surface area contributed by atoms with Crippen LogP contribution in [-0.4, -0.2) is 74.1 Å². The minimum atomic E-state index is -0.0615. The number of hydrogen-bond acceptors (Lipinski definition) is 5. The predicted octanol–water partition coefficient (Wildman–Crippen LogP) is 0.268. The zero-order chi connectivity index (χ0) is 15.4. The molecule has 0 aromatic carbocycles. The quantitative estimate of drug-likeness (QED) is 0.845. The summed E-state index contributed by atoms with van der Waals surface area (Å²) in [4.78, 5) is 28.9. The third kappa shape index (κ3) is 3.66. The SMILES string of the molecule is O=C(NCCN1CCOCC1)C1CN(C(=O)c2cccs2)C1. The molecule has 0 atom stereocenters. The molecule has 0 aliphatic carbocycles. The van der Waals surface area contributed by atoms with Gasteiger partial charge in [-0.1, -0.05) is 6.07 Å². The number of amides is 2. The molecule has 0 spiro atoms. The molecule has 2 fully saturated rings. The van der Waals surface area contributed by atoms with Crippen LogP contribution < -0.4 is 5.32 Å². The number of hydrogen-bond donors (Lipinski definition) is 1. The Morgan fingerprint density at radius 3 is 2.77 bits per heavy atom. The van der Waals surface area contributed by atoms with Gasteiger partial charge in [0.25, 0.3) is 5.91 Å². The number of nitrogens with zero attached hydrogens (tertiary/aromatic N) is 2. The number of morpholine rings is 1. The second-order valence-corrected chi connectivity index (χ2v) is 6.58. The van der Waals surface area contributed by atoms with Crippen molar-refractivity contribution in [2.45, 2.75) is 0 Å². The maximum absolute atomic E-state index is 12.1. The summed E-state index contributed by atoms with van der Waals surface area (Å²) in [7, 11) is 0. The zero-order valence-corrected chi connectivity index (χ0v) is 13.3. The molecule has 6 nitrogen and oxygen atoms in total. The van der Waals surface area contributed by atoms with Crippen molar-refractivity contribution in [3.8, 4) is 0 Å². The van der Waals surface area contributed by atoms with Gasteiger partial charge in [-0.15, -0.1) is 11.3 Å². The second-order valence-electron chi connectivity index (χ2n) is 5.63. The summed E-state index contributed by atoms with van der Waals surface area (Å²) in [6.07, 6.45) is 0. The van der Waals surface area contributed by atoms with Crippen LogP contribution in [0.3, 0.4) is 0 Å². The van der Waals surface area contributed by atoms with Crippen LogP contribution in [0.25, 0.3) is 0 Å². The van der Waals surface area contributed by atoms with E-state index in [1.54, 1.807) is 4.90 Å². The Kier molecular flexibility index (Phi) is 5.07. The molecular formula is C15H21N3O3S. The maximum atomic E-state index is 12.1. The van der Waals surface area contributed by atoms with Gasteiger partial charge in [0.05, 0.1) is 24.0 Å². The Bertz CT molecular complexity index is 508. The predicted molar refractivity (Wildman–Crippen MR) is 84.0 cm³/mol. The Labute approximate surface area is 134 Å². The summed E-state index contributed by atoms with van der Waals surface area (Å²) in [5.74, 6) is 0.0319. The Balaban J connectivity index is 1.34. The summed E-state index contributed by atoms with van der Waals surface area (Å²) in [5.41, 5.74) is 0. The summed E-state index contributed by atoms with van der Waals surface area (Å²) >= 11 is 1.44. The fraction of sp³-hybridized carbons (Fsp3) is 0.600. The van der Waals surface area contributed by atoms with Crippen LogP contribution in [0.5, 0.6) is 0 Å². The largest absolute Gasteiger partial charge is 0.379 e. The number of carbonyl (C=O) groups is 2. The lowest BCUT2D eigenvalue weighted by Gasteiger charge is -2.38. The number of likely N-dealkylation sites (tertiary alicyclic amines) is 1. The molecule has 1 aromatic heterocycles. The van der Waals surface area contributed by atoms with Crippen molar-refractivity contribution < 1.29 is 14.3 Å². The van der Waals surface area contributed by atoms with Crippen molar-refractivity contribution >= 4 is 23.2 Å². The van der Waals surface area contributed by atoms with Gasteiger partial charge in [-0.3, -0.25) is 14.5 Å². The highest BCUT2D eigenvalue weighted by atomic mass is 32.1. The van der Waals surface area contributed by atoms with Gasteiger partial charge in [0.2, 0.25) is 5.91 Å². The Hall–Kier alpha value is -1.44. The van der Waals surface area contributed by atoms with E-state index in [1.807, 2.05) is 17.5 Å². The van der Waals surface area contributed by atoms with Crippen LogP contribution in [0.1, 0.15) is 9.67 Å². The zero-order valence-electron chi connectivity index (χ0n) is 12.5. The first kappa shape index (κ1) is 15.5. The van der Waals surface area contributed by atoms with Crippen molar-refractivity contribution in [3.63, 3.8) is 0 Å². The van der Waals surface area contributed by atoms with Crippen molar-refractivity contribution in [1.82, 2.24) is 15.1 Å². The lowest BCUT2D eigenvalue weighted by atomic mass is 9.99. The molecule has 2 aliphatic heterocycles. The first-order chi connectivity index (χ1) is 10.7. The summed E-state index contributed by atoms with van der Waals surface area (Å²) in [5, 5.41) is 4.86. The van der Waals surface area contributed by atoms with Crippen molar-refractivity contribution in [2.75, 3.05) is 52.5 Å². The van der Waals surface area contributed by atoms with Gasteiger partial charge in [-0.25, -0.2) is 0 Å². The number of nitrogens with one attached hydrogen (secondary N) is 1. The molecule has 0 bridgehead atoms. The van der Waals surface area contributed by atoms with E-state index in [4.69, 9.17) is 4.74 Å². The minimum absolute atomic E-state index is 0.0346. The van der Waals surface area contributed by atoms with E-state index in [0.717, 1.165) is 37.7 Å². The summed E-state index contributed by atoms with van der Waals surface area (Å²) < 4.78 is 5.29. The van der Waals surface area contributed by atoms with Crippen molar-refractivity contribution in [2.24, 2.45) is 5.92 Å². The van der Waals surface area contributed by atoms with Gasteiger partial charge in [-0.05, 0) is 11.4 Å². The monoisotopic (exact) mass is 323 g/mol. The third-order valence-corrected chi connectivity index (χ3v) is 4.96. The Morgan fingerprint density at radius 2 is 2.09 bits per heavy atom. The minimum Gasteiger partial charge on any atom is -0.379 e. The Morgan fingerprint density at radius 1 is 1.32 bits per heavy atom. The van der Waals surface area contributed by atoms with Crippen LogP contribution in [0.15, 0.2) is 17.5 Å². The van der Waals surface area contributed by atoms with Crippen LogP contribution in [-0.2, 0) is 9.53 Å². The molecule has 2 saturated heterocycles. The first-order valence-electron chi connectivity index (χ1n) is 7.64. The van der Waals surface area contributed by atoms with Gasteiger partial charge >= 0.3 is 0 Å². The standard InChI is InChI=1S/C15H21N3O3S/c19-14(16-3-4-17-5-7-21-8-6-17)12-10-18(11-12)15(20)13-2-1-9-22-13/h1-2,9,12H,3-8,10-11H2,(H,16,19). The normalized spacial score (nSPS) is 19.7. The smallest absolute Gasteiger partial charge is 0.263 e. The highest BCUT2D eigenvalue weighted by molar-refractivity contribution is 7.12. The molecule has 2 amide bonds. The molecule has 2 aliphatic rings. The van der Waals surface area contributed by atoms with Gasteiger partial charge in [-0.2, -0.15) is 0 Å². The number of rotatable bonds is 5. The van der Waals surface area contributed by atoms with Gasteiger partial charge < -0.3 is 15.0 Å². The molecule has 1 N–H and O–H groups in total. The van der Waals surface area contributed by atoms with Gasteiger partial charge in [0.15, 0.2) is 0 Å². The molecule has 7 heteroatoms. The van der Waals surface area contributed by atoms with Crippen LogP contribution >= 0.6 is 11.3 Å². The number of thiophene rings is 1. The molecule has 3 rings (SSSR count). The van der Waals surface area contributed by atoms with E-state index in [2.05, 4.69) is 10.2 Å². The van der Waals surface area contributed by atoms with E-state index in [-0.39, 0.29) is 17.7 Å². The second kappa shape index (κ2) is 7.21. The highest BCUT2D eigenvalue weighted by Crippen LogP contribution is 2.21. The third-order valence-electron chi connectivity index (χ3n) is 4.10. The summed E-state index contributed by atoms with van der Waals surface area (Å²) in [6.45, 7) is 5.99. The summed E-state index contributed by atoms with van der Waals surface area (Å²) in [6, 6.07) is 3.69. The first-order valence-corrected chi connectivity index (χ1v) is 8.52. The topological polar surface area (TPSA) is 61.9 Å². The molecule has 1 aromatic rings. The van der Waals surface area contributed by atoms with E-state index < -0.39 is 0 Å². The molecule has 0 saturated carbocycles. The van der Waals surface area contributed by atoms with E-state index in [0.29, 0.717) is 19.6 Å². The average Bonchev–Trinajstić information content (AvgIpc) is 3.01.